The molecule has 3 heterocycles. The number of aliphatic hydroxyl groups is 1. The molecule has 4 heteroatoms. The second-order valence-corrected chi connectivity index (χ2v) is 9.11. The first kappa shape index (κ1) is 14.6. The molecule has 1 aromatic heterocycles. The second-order valence-electron chi connectivity index (χ2n) is 6.84. The third-order valence-electron chi connectivity index (χ3n) is 5.43. The molecule has 116 valence electrons. The van der Waals surface area contributed by atoms with Crippen LogP contribution in [-0.4, -0.2) is 23.1 Å². The van der Waals surface area contributed by atoms with Gasteiger partial charge in [-0.3, -0.25) is 0 Å². The van der Waals surface area contributed by atoms with Gasteiger partial charge in [0.1, 0.15) is 0 Å². The van der Waals surface area contributed by atoms with Crippen molar-refractivity contribution in [1.29, 1.82) is 0 Å². The zero-order valence-corrected chi connectivity index (χ0v) is 14.1. The Morgan fingerprint density at radius 3 is 3.00 bits per heavy atom. The molecule has 0 aromatic carbocycles. The van der Waals surface area contributed by atoms with E-state index in [0.29, 0.717) is 5.92 Å². The first-order chi connectivity index (χ1) is 10.3. The molecule has 0 amide bonds. The largest absolute Gasteiger partial charge is 0.387 e. The lowest BCUT2D eigenvalue weighted by Gasteiger charge is -2.39. The molecule has 2 fully saturated rings. The molecule has 0 radical (unpaired) electrons. The van der Waals surface area contributed by atoms with Gasteiger partial charge in [0, 0.05) is 22.1 Å². The Labute approximate surface area is 135 Å². The highest BCUT2D eigenvalue weighted by Crippen LogP contribution is 2.46. The quantitative estimate of drug-likeness (QED) is 0.879. The summed E-state index contributed by atoms with van der Waals surface area (Å²) >= 11 is 3.88. The normalized spacial score (nSPS) is 29.5. The zero-order chi connectivity index (χ0) is 14.3. The second kappa shape index (κ2) is 5.88. The summed E-state index contributed by atoms with van der Waals surface area (Å²) in [7, 11) is 0. The summed E-state index contributed by atoms with van der Waals surface area (Å²) in [4.78, 5) is 2.73. The van der Waals surface area contributed by atoms with Crippen molar-refractivity contribution in [1.82, 2.24) is 0 Å². The van der Waals surface area contributed by atoms with Crippen molar-refractivity contribution in [2.75, 3.05) is 12.4 Å². The highest BCUT2D eigenvalue weighted by Gasteiger charge is 2.42. The average molecular weight is 325 g/mol. The van der Waals surface area contributed by atoms with E-state index in [2.05, 4.69) is 6.07 Å². The maximum absolute atomic E-state index is 10.9. The van der Waals surface area contributed by atoms with E-state index in [9.17, 15) is 5.11 Å². The van der Waals surface area contributed by atoms with Gasteiger partial charge in [-0.25, -0.2) is 0 Å². The number of aliphatic hydroxyl groups excluding tert-OH is 1. The maximum Gasteiger partial charge on any atom is 0.0912 e. The Kier molecular flexibility index (Phi) is 4.07. The van der Waals surface area contributed by atoms with Crippen molar-refractivity contribution in [2.45, 2.75) is 62.4 Å². The summed E-state index contributed by atoms with van der Waals surface area (Å²) in [6.45, 7) is 0.836. The van der Waals surface area contributed by atoms with Crippen LogP contribution in [0.1, 0.15) is 59.9 Å². The Hall–Kier alpha value is -0.0300. The smallest absolute Gasteiger partial charge is 0.0912 e. The minimum atomic E-state index is -0.271. The van der Waals surface area contributed by atoms with Gasteiger partial charge in [0.05, 0.1) is 11.7 Å². The Morgan fingerprint density at radius 1 is 1.33 bits per heavy atom. The van der Waals surface area contributed by atoms with Crippen molar-refractivity contribution in [2.24, 2.45) is 5.92 Å². The van der Waals surface area contributed by atoms with Crippen molar-refractivity contribution >= 4 is 23.1 Å². The van der Waals surface area contributed by atoms with Gasteiger partial charge in [-0.05, 0) is 55.4 Å². The van der Waals surface area contributed by atoms with E-state index in [4.69, 9.17) is 4.74 Å². The molecule has 2 aliphatic heterocycles. The van der Waals surface area contributed by atoms with Crippen molar-refractivity contribution in [3.05, 3.63) is 21.4 Å². The van der Waals surface area contributed by atoms with E-state index in [1.54, 1.807) is 0 Å². The van der Waals surface area contributed by atoms with E-state index < -0.39 is 0 Å². The van der Waals surface area contributed by atoms with Crippen LogP contribution in [0.3, 0.4) is 0 Å². The van der Waals surface area contributed by atoms with Gasteiger partial charge in [-0.15, -0.1) is 11.3 Å². The Morgan fingerprint density at radius 2 is 2.19 bits per heavy atom. The molecule has 2 nitrogen and oxygen atoms in total. The van der Waals surface area contributed by atoms with Gasteiger partial charge in [-0.2, -0.15) is 11.8 Å². The predicted molar refractivity (Wildman–Crippen MR) is 89.0 cm³/mol. The maximum atomic E-state index is 10.9. The first-order valence-corrected chi connectivity index (χ1v) is 10.2. The summed E-state index contributed by atoms with van der Waals surface area (Å²) in [5, 5.41) is 10.9. The molecule has 0 bridgehead atoms. The van der Waals surface area contributed by atoms with Crippen LogP contribution in [0.15, 0.2) is 6.07 Å². The molecule has 3 aliphatic rings. The third-order valence-corrected chi connectivity index (χ3v) is 7.75. The van der Waals surface area contributed by atoms with Crippen LogP contribution in [0.5, 0.6) is 0 Å². The fourth-order valence-electron chi connectivity index (χ4n) is 4.25. The fraction of sp³-hybridized carbons (Fsp3) is 0.765. The van der Waals surface area contributed by atoms with Gasteiger partial charge in [0.25, 0.3) is 0 Å². The van der Waals surface area contributed by atoms with Crippen LogP contribution >= 0.6 is 23.1 Å². The predicted octanol–water partition coefficient (Wildman–Crippen LogP) is 4.31. The van der Waals surface area contributed by atoms with E-state index in [0.717, 1.165) is 25.2 Å². The number of fused-ring (bicyclic) bond motifs is 1. The van der Waals surface area contributed by atoms with E-state index in [-0.39, 0.29) is 11.7 Å². The molecule has 1 spiro atoms. The molecule has 1 saturated heterocycles. The third kappa shape index (κ3) is 2.80. The van der Waals surface area contributed by atoms with Crippen LogP contribution in [0.4, 0.5) is 0 Å². The summed E-state index contributed by atoms with van der Waals surface area (Å²) < 4.78 is 6.11. The molecule has 1 aromatic rings. The van der Waals surface area contributed by atoms with E-state index >= 15 is 0 Å². The van der Waals surface area contributed by atoms with Crippen LogP contribution in [0.25, 0.3) is 0 Å². The highest BCUT2D eigenvalue weighted by atomic mass is 32.2. The number of hydrogen-bond donors (Lipinski definition) is 1. The number of rotatable bonds is 2. The topological polar surface area (TPSA) is 29.5 Å². The molecule has 1 aliphatic carbocycles. The van der Waals surface area contributed by atoms with Crippen LogP contribution in [0, 0.1) is 5.92 Å². The number of ether oxygens (including phenoxy) is 1. The standard InChI is InChI=1S/C17H24O2S2/c18-16(15-9-13-11-20-8-4-14(13)21-15)12-3-7-19-17(10-12)5-1-2-6-17/h9,12,16,18H,1-8,10-11H2. The summed E-state index contributed by atoms with van der Waals surface area (Å²) in [5.74, 6) is 2.77. The number of aryl methyl sites for hydroxylation is 1. The average Bonchev–Trinajstić information content (AvgIpc) is 3.13. The lowest BCUT2D eigenvalue weighted by atomic mass is 9.81. The van der Waals surface area contributed by atoms with Crippen LogP contribution < -0.4 is 0 Å². The van der Waals surface area contributed by atoms with Crippen molar-refractivity contribution < 1.29 is 9.84 Å². The molecule has 2 unspecified atom stereocenters. The lowest BCUT2D eigenvalue weighted by Crippen LogP contribution is -2.39. The van der Waals surface area contributed by atoms with Crippen LogP contribution in [0.2, 0.25) is 0 Å². The fourth-order valence-corrected chi connectivity index (χ4v) is 6.71. The minimum Gasteiger partial charge on any atom is -0.387 e. The SMILES string of the molecule is OC(c1cc2c(s1)CCSC2)C1CCOC2(CCCC2)C1. The van der Waals surface area contributed by atoms with E-state index in [1.807, 2.05) is 23.1 Å². The summed E-state index contributed by atoms with van der Waals surface area (Å²) in [6.07, 6.45) is 8.00. The van der Waals surface area contributed by atoms with Gasteiger partial charge in [0.2, 0.25) is 0 Å². The Bertz CT molecular complexity index is 481. The molecule has 1 N–H and O–H groups in total. The Balaban J connectivity index is 1.51. The molecular formula is C17H24O2S2. The molecular weight excluding hydrogens is 300 g/mol. The highest BCUT2D eigenvalue weighted by molar-refractivity contribution is 7.98. The number of thioether (sulfide) groups is 1. The minimum absolute atomic E-state index is 0.108. The van der Waals surface area contributed by atoms with E-state index in [1.165, 1.54) is 53.2 Å². The first-order valence-electron chi connectivity index (χ1n) is 8.27. The van der Waals surface area contributed by atoms with Crippen LogP contribution in [-0.2, 0) is 16.9 Å². The number of hydrogen-bond acceptors (Lipinski definition) is 4. The monoisotopic (exact) mass is 324 g/mol. The molecule has 4 rings (SSSR count). The summed E-state index contributed by atoms with van der Waals surface area (Å²) in [6, 6.07) is 2.29. The summed E-state index contributed by atoms with van der Waals surface area (Å²) in [5.41, 5.74) is 1.59. The molecule has 21 heavy (non-hydrogen) atoms. The van der Waals surface area contributed by atoms with Gasteiger partial charge >= 0.3 is 0 Å². The van der Waals surface area contributed by atoms with Gasteiger partial charge in [-0.1, -0.05) is 12.8 Å². The van der Waals surface area contributed by atoms with Gasteiger partial charge < -0.3 is 9.84 Å². The molecule has 2 atom stereocenters. The zero-order valence-electron chi connectivity index (χ0n) is 12.5. The van der Waals surface area contributed by atoms with Crippen molar-refractivity contribution in [3.8, 4) is 0 Å². The molecule has 1 saturated carbocycles. The van der Waals surface area contributed by atoms with Gasteiger partial charge in [0.15, 0.2) is 0 Å². The van der Waals surface area contributed by atoms with Crippen molar-refractivity contribution in [3.63, 3.8) is 0 Å². The lowest BCUT2D eigenvalue weighted by molar-refractivity contribution is -0.113. The number of thiophene rings is 1.